The van der Waals surface area contributed by atoms with Crippen LogP contribution in [0.5, 0.6) is 11.5 Å². The van der Waals surface area contributed by atoms with Gasteiger partial charge >= 0.3 is 0 Å². The quantitative estimate of drug-likeness (QED) is 0.847. The molecule has 0 radical (unpaired) electrons. The SMILES string of the molecule is CCC(NCc1ccccn1)c1ccc(OC)c(OC)c1. The summed E-state index contributed by atoms with van der Waals surface area (Å²) >= 11 is 0. The molecule has 0 saturated heterocycles. The number of methoxy groups -OCH3 is 2. The van der Waals surface area contributed by atoms with Crippen LogP contribution < -0.4 is 14.8 Å². The van der Waals surface area contributed by atoms with E-state index in [0.29, 0.717) is 0 Å². The Balaban J connectivity index is 2.10. The van der Waals surface area contributed by atoms with Crippen LogP contribution in [0.2, 0.25) is 0 Å². The number of nitrogens with one attached hydrogen (secondary N) is 1. The maximum atomic E-state index is 5.37. The molecule has 0 bridgehead atoms. The molecular weight excluding hydrogens is 264 g/mol. The molecule has 0 aliphatic carbocycles. The molecule has 4 heteroatoms. The van der Waals surface area contributed by atoms with Gasteiger partial charge < -0.3 is 14.8 Å². The third-order valence-electron chi connectivity index (χ3n) is 3.47. The number of pyridine rings is 1. The van der Waals surface area contributed by atoms with E-state index in [-0.39, 0.29) is 6.04 Å². The first-order chi connectivity index (χ1) is 10.3. The molecular formula is C17H22N2O2. The molecule has 2 aromatic rings. The molecule has 0 saturated carbocycles. The fraction of sp³-hybridized carbons (Fsp3) is 0.353. The van der Waals surface area contributed by atoms with Crippen molar-refractivity contribution in [3.63, 3.8) is 0 Å². The highest BCUT2D eigenvalue weighted by atomic mass is 16.5. The van der Waals surface area contributed by atoms with Crippen LogP contribution in [0.3, 0.4) is 0 Å². The number of aromatic nitrogens is 1. The van der Waals surface area contributed by atoms with Crippen LogP contribution in [0, 0.1) is 0 Å². The number of ether oxygens (including phenoxy) is 2. The van der Waals surface area contributed by atoms with Crippen molar-refractivity contribution in [2.75, 3.05) is 14.2 Å². The second-order valence-electron chi connectivity index (χ2n) is 4.78. The molecule has 1 aromatic heterocycles. The smallest absolute Gasteiger partial charge is 0.161 e. The lowest BCUT2D eigenvalue weighted by Gasteiger charge is -2.19. The molecule has 21 heavy (non-hydrogen) atoms. The molecule has 0 fully saturated rings. The van der Waals surface area contributed by atoms with Crippen molar-refractivity contribution in [2.24, 2.45) is 0 Å². The van der Waals surface area contributed by atoms with Crippen molar-refractivity contribution < 1.29 is 9.47 Å². The number of hydrogen-bond acceptors (Lipinski definition) is 4. The number of rotatable bonds is 7. The van der Waals surface area contributed by atoms with E-state index in [0.717, 1.165) is 30.2 Å². The number of nitrogens with zero attached hydrogens (tertiary/aromatic N) is 1. The molecule has 0 aliphatic rings. The first-order valence-electron chi connectivity index (χ1n) is 7.13. The van der Waals surface area contributed by atoms with Gasteiger partial charge in [0.05, 0.1) is 19.9 Å². The highest BCUT2D eigenvalue weighted by Crippen LogP contribution is 2.30. The minimum atomic E-state index is 0.256. The summed E-state index contributed by atoms with van der Waals surface area (Å²) in [6, 6.07) is 12.2. The van der Waals surface area contributed by atoms with E-state index < -0.39 is 0 Å². The summed E-state index contributed by atoms with van der Waals surface area (Å²) < 4.78 is 10.6. The standard InChI is InChI=1S/C17H22N2O2/c1-4-15(19-12-14-7-5-6-10-18-14)13-8-9-16(20-2)17(11-13)21-3/h5-11,15,19H,4,12H2,1-3H3. The summed E-state index contributed by atoms with van der Waals surface area (Å²) in [7, 11) is 3.30. The first-order valence-corrected chi connectivity index (χ1v) is 7.13. The van der Waals surface area contributed by atoms with Gasteiger partial charge in [-0.15, -0.1) is 0 Å². The molecule has 1 unspecified atom stereocenters. The Morgan fingerprint density at radius 3 is 2.52 bits per heavy atom. The van der Waals surface area contributed by atoms with Gasteiger partial charge in [0.15, 0.2) is 11.5 Å². The van der Waals surface area contributed by atoms with Crippen LogP contribution >= 0.6 is 0 Å². The summed E-state index contributed by atoms with van der Waals surface area (Å²) in [6.07, 6.45) is 2.80. The zero-order valence-corrected chi connectivity index (χ0v) is 12.8. The van der Waals surface area contributed by atoms with Crippen molar-refractivity contribution in [3.05, 3.63) is 53.9 Å². The molecule has 1 atom stereocenters. The fourth-order valence-electron chi connectivity index (χ4n) is 2.30. The summed E-state index contributed by atoms with van der Waals surface area (Å²) in [5.74, 6) is 1.51. The molecule has 2 rings (SSSR count). The van der Waals surface area contributed by atoms with Gasteiger partial charge in [-0.2, -0.15) is 0 Å². The maximum Gasteiger partial charge on any atom is 0.161 e. The van der Waals surface area contributed by atoms with E-state index in [1.165, 1.54) is 5.56 Å². The average Bonchev–Trinajstić information content (AvgIpc) is 2.56. The molecule has 0 amide bonds. The predicted molar refractivity (Wildman–Crippen MR) is 83.7 cm³/mol. The summed E-state index contributed by atoms with van der Waals surface area (Å²) in [6.45, 7) is 2.90. The average molecular weight is 286 g/mol. The second kappa shape index (κ2) is 7.64. The van der Waals surface area contributed by atoms with Gasteiger partial charge in [-0.1, -0.05) is 19.1 Å². The Labute approximate surface area is 126 Å². The van der Waals surface area contributed by atoms with Gasteiger partial charge in [0, 0.05) is 18.8 Å². The van der Waals surface area contributed by atoms with Crippen molar-refractivity contribution in [2.45, 2.75) is 25.9 Å². The normalized spacial score (nSPS) is 12.0. The molecule has 1 N–H and O–H groups in total. The van der Waals surface area contributed by atoms with Crippen LogP contribution in [-0.4, -0.2) is 19.2 Å². The Kier molecular flexibility index (Phi) is 5.58. The summed E-state index contributed by atoms with van der Waals surface area (Å²) in [5.41, 5.74) is 2.22. The second-order valence-corrected chi connectivity index (χ2v) is 4.78. The van der Waals surface area contributed by atoms with Crippen molar-refractivity contribution in [3.8, 4) is 11.5 Å². The van der Waals surface area contributed by atoms with Gasteiger partial charge in [0.2, 0.25) is 0 Å². The van der Waals surface area contributed by atoms with Gasteiger partial charge in [-0.3, -0.25) is 4.98 Å². The molecule has 1 heterocycles. The fourth-order valence-corrected chi connectivity index (χ4v) is 2.30. The van der Waals surface area contributed by atoms with E-state index in [4.69, 9.17) is 9.47 Å². The Bertz CT molecular complexity index is 558. The predicted octanol–water partition coefficient (Wildman–Crippen LogP) is 3.34. The molecule has 112 valence electrons. The van der Waals surface area contributed by atoms with Crippen LogP contribution in [0.4, 0.5) is 0 Å². The lowest BCUT2D eigenvalue weighted by molar-refractivity contribution is 0.353. The maximum absolute atomic E-state index is 5.37. The van der Waals surface area contributed by atoms with Gasteiger partial charge in [-0.05, 0) is 36.2 Å². The first kappa shape index (κ1) is 15.3. The van der Waals surface area contributed by atoms with Crippen LogP contribution in [0.1, 0.15) is 30.6 Å². The minimum absolute atomic E-state index is 0.256. The van der Waals surface area contributed by atoms with E-state index in [1.54, 1.807) is 14.2 Å². The molecule has 0 spiro atoms. The highest BCUT2D eigenvalue weighted by Gasteiger charge is 2.12. The molecule has 4 nitrogen and oxygen atoms in total. The van der Waals surface area contributed by atoms with E-state index >= 15 is 0 Å². The lowest BCUT2D eigenvalue weighted by atomic mass is 10.0. The topological polar surface area (TPSA) is 43.4 Å². The van der Waals surface area contributed by atoms with Crippen molar-refractivity contribution in [1.29, 1.82) is 0 Å². The monoisotopic (exact) mass is 286 g/mol. The van der Waals surface area contributed by atoms with Crippen molar-refractivity contribution in [1.82, 2.24) is 10.3 Å². The Morgan fingerprint density at radius 1 is 1.10 bits per heavy atom. The van der Waals surface area contributed by atoms with E-state index in [9.17, 15) is 0 Å². The van der Waals surface area contributed by atoms with Gasteiger partial charge in [0.25, 0.3) is 0 Å². The van der Waals surface area contributed by atoms with Crippen molar-refractivity contribution >= 4 is 0 Å². The largest absolute Gasteiger partial charge is 0.493 e. The lowest BCUT2D eigenvalue weighted by Crippen LogP contribution is -2.20. The zero-order valence-electron chi connectivity index (χ0n) is 12.8. The van der Waals surface area contributed by atoms with Crippen LogP contribution in [0.25, 0.3) is 0 Å². The highest BCUT2D eigenvalue weighted by molar-refractivity contribution is 5.43. The summed E-state index contributed by atoms with van der Waals surface area (Å²) in [4.78, 5) is 4.33. The van der Waals surface area contributed by atoms with Gasteiger partial charge in [0.1, 0.15) is 0 Å². The molecule has 1 aromatic carbocycles. The Hall–Kier alpha value is -2.07. The third kappa shape index (κ3) is 3.95. The van der Waals surface area contributed by atoms with E-state index in [2.05, 4.69) is 23.3 Å². The van der Waals surface area contributed by atoms with Crippen LogP contribution in [-0.2, 0) is 6.54 Å². The number of hydrogen-bond donors (Lipinski definition) is 1. The minimum Gasteiger partial charge on any atom is -0.493 e. The zero-order chi connectivity index (χ0) is 15.1. The van der Waals surface area contributed by atoms with Gasteiger partial charge in [-0.25, -0.2) is 0 Å². The molecule has 0 aliphatic heterocycles. The van der Waals surface area contributed by atoms with E-state index in [1.807, 2.05) is 36.5 Å². The van der Waals surface area contributed by atoms with Crippen LogP contribution in [0.15, 0.2) is 42.6 Å². The third-order valence-corrected chi connectivity index (χ3v) is 3.47. The summed E-state index contributed by atoms with van der Waals surface area (Å²) in [5, 5.41) is 3.53. The Morgan fingerprint density at radius 2 is 1.90 bits per heavy atom. The number of benzene rings is 1.